The van der Waals surface area contributed by atoms with Crippen LogP contribution in [0.15, 0.2) is 66.7 Å². The zero-order valence-corrected chi connectivity index (χ0v) is 17.7. The molecule has 0 aromatic heterocycles. The van der Waals surface area contributed by atoms with E-state index in [1.807, 2.05) is 12.1 Å². The predicted octanol–water partition coefficient (Wildman–Crippen LogP) is 4.38. The van der Waals surface area contributed by atoms with Crippen LogP contribution >= 0.6 is 0 Å². The fraction of sp³-hybridized carbons (Fsp3) is 0.154. The number of carbonyl (C=O) groups excluding carboxylic acids is 4. The molecular formula is C26H21NO5. The number of ether oxygens (including phenoxy) is 1. The summed E-state index contributed by atoms with van der Waals surface area (Å²) in [5.41, 5.74) is 2.40. The van der Waals surface area contributed by atoms with Crippen LogP contribution in [-0.4, -0.2) is 30.0 Å². The molecule has 1 amide bonds. The van der Waals surface area contributed by atoms with E-state index in [4.69, 9.17) is 4.74 Å². The summed E-state index contributed by atoms with van der Waals surface area (Å²) in [6.07, 6.45) is 0. The molecule has 0 aliphatic heterocycles. The highest BCUT2D eigenvalue weighted by Gasteiger charge is 2.33. The number of hydrogen-bond donors (Lipinski definition) is 1. The summed E-state index contributed by atoms with van der Waals surface area (Å²) in [4.78, 5) is 50.7. The summed E-state index contributed by atoms with van der Waals surface area (Å²) in [6, 6.07) is 18.3. The van der Waals surface area contributed by atoms with E-state index in [0.29, 0.717) is 17.2 Å². The second-order valence-electron chi connectivity index (χ2n) is 7.83. The minimum atomic E-state index is -0.840. The number of benzene rings is 3. The third-order valence-corrected chi connectivity index (χ3v) is 5.37. The SMILES string of the molecule is CC(C)c1ccc(NC(=O)COC(=O)c2cccc3c2C(=O)c2ccccc2C3=O)cc1. The highest BCUT2D eigenvalue weighted by Crippen LogP contribution is 2.29. The number of nitrogens with one attached hydrogen (secondary N) is 1. The highest BCUT2D eigenvalue weighted by molar-refractivity contribution is 6.30. The van der Waals surface area contributed by atoms with Gasteiger partial charge in [-0.25, -0.2) is 4.79 Å². The third kappa shape index (κ3) is 3.95. The van der Waals surface area contributed by atoms with Crippen LogP contribution in [0.1, 0.15) is 67.5 Å². The zero-order chi connectivity index (χ0) is 22.8. The van der Waals surface area contributed by atoms with Crippen molar-refractivity contribution in [2.75, 3.05) is 11.9 Å². The van der Waals surface area contributed by atoms with E-state index in [0.717, 1.165) is 5.56 Å². The first-order valence-electron chi connectivity index (χ1n) is 10.2. The van der Waals surface area contributed by atoms with Gasteiger partial charge in [-0.15, -0.1) is 0 Å². The Bertz CT molecular complexity index is 1240. The number of anilines is 1. The number of amides is 1. The van der Waals surface area contributed by atoms with E-state index in [1.54, 1.807) is 36.4 Å². The van der Waals surface area contributed by atoms with Gasteiger partial charge in [-0.1, -0.05) is 62.4 Å². The number of hydrogen-bond acceptors (Lipinski definition) is 5. The molecule has 0 atom stereocenters. The standard InChI is InChI=1S/C26H21NO5/c1-15(2)16-10-12-17(13-11-16)27-22(28)14-32-26(31)21-9-5-8-20-23(21)25(30)19-7-4-3-6-18(19)24(20)29/h3-13,15H,14H2,1-2H3,(H,27,28). The van der Waals surface area contributed by atoms with Gasteiger partial charge in [0.2, 0.25) is 0 Å². The van der Waals surface area contributed by atoms with Gasteiger partial charge in [0.15, 0.2) is 18.2 Å². The van der Waals surface area contributed by atoms with E-state index < -0.39 is 24.3 Å². The van der Waals surface area contributed by atoms with Crippen LogP contribution in [0.2, 0.25) is 0 Å². The molecule has 160 valence electrons. The van der Waals surface area contributed by atoms with Crippen LogP contribution in [0, 0.1) is 0 Å². The first-order valence-corrected chi connectivity index (χ1v) is 10.2. The van der Waals surface area contributed by atoms with Crippen molar-refractivity contribution in [2.45, 2.75) is 19.8 Å². The molecule has 0 bridgehead atoms. The lowest BCUT2D eigenvalue weighted by atomic mass is 9.82. The van der Waals surface area contributed by atoms with E-state index in [9.17, 15) is 19.2 Å². The van der Waals surface area contributed by atoms with Crippen molar-refractivity contribution in [1.29, 1.82) is 0 Å². The molecule has 0 radical (unpaired) electrons. The first-order chi connectivity index (χ1) is 15.4. The quantitative estimate of drug-likeness (QED) is 0.478. The largest absolute Gasteiger partial charge is 0.452 e. The monoisotopic (exact) mass is 427 g/mol. The van der Waals surface area contributed by atoms with Gasteiger partial charge in [0, 0.05) is 27.9 Å². The number of ketones is 2. The minimum Gasteiger partial charge on any atom is -0.452 e. The van der Waals surface area contributed by atoms with Gasteiger partial charge in [-0.05, 0) is 29.7 Å². The van der Waals surface area contributed by atoms with Crippen molar-refractivity contribution in [1.82, 2.24) is 0 Å². The molecule has 1 N–H and O–H groups in total. The van der Waals surface area contributed by atoms with Crippen LogP contribution in [0.3, 0.4) is 0 Å². The van der Waals surface area contributed by atoms with Crippen molar-refractivity contribution in [3.8, 4) is 0 Å². The Morgan fingerprint density at radius 2 is 1.44 bits per heavy atom. The van der Waals surface area contributed by atoms with Gasteiger partial charge < -0.3 is 10.1 Å². The summed E-state index contributed by atoms with van der Waals surface area (Å²) in [5, 5.41) is 2.67. The molecule has 0 saturated heterocycles. The van der Waals surface area contributed by atoms with Crippen LogP contribution in [0.25, 0.3) is 0 Å². The van der Waals surface area contributed by atoms with Gasteiger partial charge in [-0.3, -0.25) is 14.4 Å². The van der Waals surface area contributed by atoms with Gasteiger partial charge in [0.05, 0.1) is 5.56 Å². The molecule has 4 rings (SSSR count). The van der Waals surface area contributed by atoms with E-state index >= 15 is 0 Å². The Morgan fingerprint density at radius 1 is 0.812 bits per heavy atom. The van der Waals surface area contributed by atoms with E-state index in [-0.39, 0.29) is 28.0 Å². The van der Waals surface area contributed by atoms with E-state index in [1.165, 1.54) is 18.2 Å². The van der Waals surface area contributed by atoms with Crippen molar-refractivity contribution in [3.63, 3.8) is 0 Å². The molecular weight excluding hydrogens is 406 g/mol. The lowest BCUT2D eigenvalue weighted by Gasteiger charge is -2.19. The van der Waals surface area contributed by atoms with Crippen LogP contribution in [0.4, 0.5) is 5.69 Å². The number of rotatable bonds is 5. The smallest absolute Gasteiger partial charge is 0.339 e. The van der Waals surface area contributed by atoms with Gasteiger partial charge in [0.25, 0.3) is 5.91 Å². The van der Waals surface area contributed by atoms with E-state index in [2.05, 4.69) is 19.2 Å². The molecule has 0 fully saturated rings. The Labute approximate surface area is 185 Å². The molecule has 3 aromatic carbocycles. The minimum absolute atomic E-state index is 0.00545. The fourth-order valence-electron chi connectivity index (χ4n) is 3.67. The Kier molecular flexibility index (Phi) is 5.69. The average molecular weight is 427 g/mol. The third-order valence-electron chi connectivity index (χ3n) is 5.37. The molecule has 3 aromatic rings. The summed E-state index contributed by atoms with van der Waals surface area (Å²) in [5.74, 6) is -1.72. The highest BCUT2D eigenvalue weighted by atomic mass is 16.5. The molecule has 0 spiro atoms. The first kappa shape index (κ1) is 21.2. The van der Waals surface area contributed by atoms with Crippen molar-refractivity contribution in [2.24, 2.45) is 0 Å². The van der Waals surface area contributed by atoms with Gasteiger partial charge in [0.1, 0.15) is 0 Å². The van der Waals surface area contributed by atoms with Crippen molar-refractivity contribution >= 4 is 29.1 Å². The number of esters is 1. The normalized spacial score (nSPS) is 12.2. The van der Waals surface area contributed by atoms with Crippen molar-refractivity contribution < 1.29 is 23.9 Å². The summed E-state index contributed by atoms with van der Waals surface area (Å²) in [6.45, 7) is 3.63. The zero-order valence-electron chi connectivity index (χ0n) is 17.7. The molecule has 0 heterocycles. The van der Waals surface area contributed by atoms with Crippen LogP contribution < -0.4 is 5.32 Å². The van der Waals surface area contributed by atoms with Crippen LogP contribution in [0.5, 0.6) is 0 Å². The molecule has 0 unspecified atom stereocenters. The number of fused-ring (bicyclic) bond motifs is 2. The second kappa shape index (κ2) is 8.59. The Morgan fingerprint density at radius 3 is 2.09 bits per heavy atom. The summed E-state index contributed by atoms with van der Waals surface area (Å²) in [7, 11) is 0. The maximum atomic E-state index is 13.0. The molecule has 1 aliphatic rings. The lowest BCUT2D eigenvalue weighted by Crippen LogP contribution is -2.26. The molecule has 6 heteroatoms. The number of carbonyl (C=O) groups is 4. The van der Waals surface area contributed by atoms with Crippen LogP contribution in [-0.2, 0) is 9.53 Å². The van der Waals surface area contributed by atoms with Gasteiger partial charge >= 0.3 is 5.97 Å². The summed E-state index contributed by atoms with van der Waals surface area (Å²) >= 11 is 0. The lowest BCUT2D eigenvalue weighted by molar-refractivity contribution is -0.119. The Balaban J connectivity index is 1.48. The van der Waals surface area contributed by atoms with Gasteiger partial charge in [-0.2, -0.15) is 0 Å². The predicted molar refractivity (Wildman–Crippen MR) is 119 cm³/mol. The second-order valence-corrected chi connectivity index (χ2v) is 7.83. The maximum Gasteiger partial charge on any atom is 0.339 e. The molecule has 6 nitrogen and oxygen atoms in total. The molecule has 1 aliphatic carbocycles. The van der Waals surface area contributed by atoms with Crippen molar-refractivity contribution in [3.05, 3.63) is 100 Å². The molecule has 0 saturated carbocycles. The fourth-order valence-corrected chi connectivity index (χ4v) is 3.67. The topological polar surface area (TPSA) is 89.5 Å². The maximum absolute atomic E-state index is 13.0. The Hall–Kier alpha value is -4.06. The molecule has 32 heavy (non-hydrogen) atoms. The average Bonchev–Trinajstić information content (AvgIpc) is 2.81. The summed E-state index contributed by atoms with van der Waals surface area (Å²) < 4.78 is 5.15.